The third-order valence-corrected chi connectivity index (χ3v) is 8.04. The number of imidazole rings is 1. The lowest BCUT2D eigenvalue weighted by molar-refractivity contribution is -0.138. The van der Waals surface area contributed by atoms with Crippen LogP contribution in [0, 0.1) is 0 Å². The number of halogens is 4. The summed E-state index contributed by atoms with van der Waals surface area (Å²) in [5.41, 5.74) is 0.529. The van der Waals surface area contributed by atoms with Crippen molar-refractivity contribution in [1.29, 1.82) is 0 Å². The molecule has 0 saturated carbocycles. The zero-order valence-electron chi connectivity index (χ0n) is 11.9. The normalized spacial score (nSPS) is 11.2. The van der Waals surface area contributed by atoms with Crippen LogP contribution in [-0.2, 0) is 22.7 Å². The fourth-order valence-corrected chi connectivity index (χ4v) is 4.77. The number of hydrogen-bond donors (Lipinski definition) is 2. The topological polar surface area (TPSA) is 102 Å². The first-order valence-corrected chi connectivity index (χ1v) is 9.72. The third-order valence-electron chi connectivity index (χ3n) is 3.32. The lowest BCUT2D eigenvalue weighted by Crippen LogP contribution is -2.26. The number of benzene rings is 1. The fraction of sp³-hybridized carbons (Fsp3) is 0.308. The minimum absolute atomic E-state index is 0.0240. The summed E-state index contributed by atoms with van der Waals surface area (Å²) in [6.07, 6.45) is -0.453. The average Bonchev–Trinajstić information content (AvgIpc) is 2.79. The second-order valence-electron chi connectivity index (χ2n) is 4.83. The van der Waals surface area contributed by atoms with Crippen LogP contribution in [-0.4, -0.2) is 31.3 Å². The summed E-state index contributed by atoms with van der Waals surface area (Å²) >= 11 is 13.6. The molecule has 0 amide bonds. The van der Waals surface area contributed by atoms with Crippen molar-refractivity contribution in [1.82, 2.24) is 9.13 Å². The molecule has 0 spiro atoms. The largest absolute Gasteiger partial charge is 0.481 e. The number of nitrogens with zero attached hydrogens (tertiary/aromatic N) is 2. The number of carboxylic acid groups (broad SMARTS) is 2. The summed E-state index contributed by atoms with van der Waals surface area (Å²) in [7, 11) is 0. The molecular weight excluding hydrogens is 584 g/mol. The predicted molar refractivity (Wildman–Crippen MR) is 102 cm³/mol. The number of carboxylic acids is 2. The van der Waals surface area contributed by atoms with Crippen LogP contribution in [0.1, 0.15) is 12.8 Å². The van der Waals surface area contributed by atoms with E-state index in [4.69, 9.17) is 10.2 Å². The van der Waals surface area contributed by atoms with Crippen LogP contribution in [0.5, 0.6) is 0 Å². The van der Waals surface area contributed by atoms with Crippen molar-refractivity contribution in [3.63, 3.8) is 0 Å². The lowest BCUT2D eigenvalue weighted by Gasteiger charge is -2.09. The Hall–Kier alpha value is -0.650. The first-order chi connectivity index (χ1) is 11.2. The summed E-state index contributed by atoms with van der Waals surface area (Å²) in [5, 5.41) is 17.8. The standard InChI is InChI=1S/C13H10Br4N2O5/c14-7-8(15)10(17)12-11(9(7)16)18(3-1-5(20)21)13(24)19(12)4-2-6(22)23/h1-4H2,(H,20,21)(H,22,23). The summed E-state index contributed by atoms with van der Waals surface area (Å²) in [6, 6.07) is 0. The molecule has 0 unspecified atom stereocenters. The van der Waals surface area contributed by atoms with Crippen molar-refractivity contribution in [2.45, 2.75) is 25.9 Å². The maximum atomic E-state index is 12.7. The van der Waals surface area contributed by atoms with Gasteiger partial charge in [0.15, 0.2) is 0 Å². The summed E-state index contributed by atoms with van der Waals surface area (Å²) < 4.78 is 5.12. The number of rotatable bonds is 6. The second-order valence-corrected chi connectivity index (χ2v) is 8.00. The number of fused-ring (bicyclic) bond motifs is 1. The van der Waals surface area contributed by atoms with Gasteiger partial charge in [0, 0.05) is 22.0 Å². The van der Waals surface area contributed by atoms with Crippen LogP contribution in [0.15, 0.2) is 22.7 Å². The van der Waals surface area contributed by atoms with Crippen molar-refractivity contribution in [2.75, 3.05) is 0 Å². The average molecular weight is 594 g/mol. The van der Waals surface area contributed by atoms with E-state index in [2.05, 4.69) is 63.7 Å². The van der Waals surface area contributed by atoms with Crippen molar-refractivity contribution >= 4 is 86.7 Å². The SMILES string of the molecule is O=C(O)CCn1c(=O)n(CCC(=O)O)c2c(Br)c(Br)c(Br)c(Br)c21. The molecule has 11 heteroatoms. The zero-order valence-corrected chi connectivity index (χ0v) is 18.2. The third kappa shape index (κ3) is 3.63. The highest BCUT2D eigenvalue weighted by Crippen LogP contribution is 2.43. The smallest absolute Gasteiger partial charge is 0.329 e. The molecule has 24 heavy (non-hydrogen) atoms. The molecule has 0 aliphatic carbocycles. The van der Waals surface area contributed by atoms with Gasteiger partial charge in [0.2, 0.25) is 0 Å². The van der Waals surface area contributed by atoms with E-state index in [0.717, 1.165) is 0 Å². The van der Waals surface area contributed by atoms with E-state index in [0.29, 0.717) is 28.9 Å². The maximum Gasteiger partial charge on any atom is 0.329 e. The van der Waals surface area contributed by atoms with Gasteiger partial charge in [0.1, 0.15) is 0 Å². The summed E-state index contributed by atoms with van der Waals surface area (Å²) in [4.78, 5) is 34.5. The Morgan fingerprint density at radius 2 is 1.08 bits per heavy atom. The molecule has 2 aromatic rings. The van der Waals surface area contributed by atoms with Crippen molar-refractivity contribution in [2.24, 2.45) is 0 Å². The van der Waals surface area contributed by atoms with Crippen LogP contribution >= 0.6 is 63.7 Å². The molecule has 0 radical (unpaired) electrons. The highest BCUT2D eigenvalue weighted by molar-refractivity contribution is 9.15. The van der Waals surface area contributed by atoms with E-state index in [9.17, 15) is 14.4 Å². The molecule has 0 aliphatic heterocycles. The van der Waals surface area contributed by atoms with E-state index < -0.39 is 17.6 Å². The lowest BCUT2D eigenvalue weighted by atomic mass is 10.3. The first kappa shape index (κ1) is 19.7. The van der Waals surface area contributed by atoms with Gasteiger partial charge in [-0.1, -0.05) is 0 Å². The molecular formula is C13H10Br4N2O5. The molecule has 0 atom stereocenters. The molecule has 0 bridgehead atoms. The van der Waals surface area contributed by atoms with Gasteiger partial charge in [-0.25, -0.2) is 4.79 Å². The van der Waals surface area contributed by atoms with E-state index in [-0.39, 0.29) is 25.9 Å². The highest BCUT2D eigenvalue weighted by atomic mass is 79.9. The Morgan fingerprint density at radius 1 is 0.750 bits per heavy atom. The Balaban J connectivity index is 2.80. The Labute approximate surface area is 169 Å². The van der Waals surface area contributed by atoms with Gasteiger partial charge in [-0.3, -0.25) is 18.7 Å². The van der Waals surface area contributed by atoms with Crippen LogP contribution in [0.4, 0.5) is 0 Å². The molecule has 0 fully saturated rings. The van der Waals surface area contributed by atoms with E-state index in [1.165, 1.54) is 9.13 Å². The van der Waals surface area contributed by atoms with Crippen molar-refractivity contribution < 1.29 is 19.8 Å². The van der Waals surface area contributed by atoms with Gasteiger partial charge >= 0.3 is 17.6 Å². The van der Waals surface area contributed by atoms with Gasteiger partial charge in [0.25, 0.3) is 0 Å². The zero-order chi connectivity index (χ0) is 18.2. The Kier molecular flexibility index (Phi) is 6.32. The molecule has 1 aromatic carbocycles. The van der Waals surface area contributed by atoms with E-state index in [1.807, 2.05) is 0 Å². The predicted octanol–water partition coefficient (Wildman–Crippen LogP) is 3.80. The summed E-state index contributed by atoms with van der Waals surface area (Å²) in [5.74, 6) is -2.06. The molecule has 1 aromatic heterocycles. The molecule has 7 nitrogen and oxygen atoms in total. The van der Waals surface area contributed by atoms with Gasteiger partial charge < -0.3 is 10.2 Å². The number of carbonyl (C=O) groups is 2. The van der Waals surface area contributed by atoms with Crippen molar-refractivity contribution in [3.8, 4) is 0 Å². The molecule has 0 aliphatic rings. The number of aliphatic carboxylic acids is 2. The molecule has 0 saturated heterocycles. The fourth-order valence-electron chi connectivity index (χ4n) is 2.27. The quantitative estimate of drug-likeness (QED) is 0.392. The first-order valence-electron chi connectivity index (χ1n) is 6.55. The van der Waals surface area contributed by atoms with Gasteiger partial charge in [-0.05, 0) is 63.7 Å². The number of aromatic nitrogens is 2. The van der Waals surface area contributed by atoms with Crippen molar-refractivity contribution in [3.05, 3.63) is 28.4 Å². The highest BCUT2D eigenvalue weighted by Gasteiger charge is 2.23. The van der Waals surface area contributed by atoms with E-state index >= 15 is 0 Å². The second kappa shape index (κ2) is 7.71. The van der Waals surface area contributed by atoms with Gasteiger partial charge in [-0.2, -0.15) is 0 Å². The van der Waals surface area contributed by atoms with Crippen LogP contribution in [0.3, 0.4) is 0 Å². The number of aryl methyl sites for hydroxylation is 2. The minimum atomic E-state index is -1.03. The number of hydrogen-bond acceptors (Lipinski definition) is 3. The maximum absolute atomic E-state index is 12.7. The van der Waals surface area contributed by atoms with E-state index in [1.54, 1.807) is 0 Å². The van der Waals surface area contributed by atoms with Crippen LogP contribution < -0.4 is 5.69 Å². The summed E-state index contributed by atoms with van der Waals surface area (Å²) in [6.45, 7) is -0.0479. The molecule has 2 rings (SSSR count). The van der Waals surface area contributed by atoms with Gasteiger partial charge in [0.05, 0.1) is 32.8 Å². The Morgan fingerprint density at radius 3 is 1.38 bits per heavy atom. The minimum Gasteiger partial charge on any atom is -0.481 e. The Bertz CT molecular complexity index is 832. The monoisotopic (exact) mass is 590 g/mol. The van der Waals surface area contributed by atoms with Crippen LogP contribution in [0.25, 0.3) is 11.0 Å². The van der Waals surface area contributed by atoms with Gasteiger partial charge in [-0.15, -0.1) is 0 Å². The molecule has 2 N–H and O–H groups in total. The van der Waals surface area contributed by atoms with Crippen LogP contribution in [0.2, 0.25) is 0 Å². The molecule has 1 heterocycles. The molecule has 130 valence electrons.